The van der Waals surface area contributed by atoms with Gasteiger partial charge in [0.15, 0.2) is 11.5 Å². The molecule has 0 atom stereocenters. The van der Waals surface area contributed by atoms with Gasteiger partial charge in [0.1, 0.15) is 0 Å². The Morgan fingerprint density at radius 2 is 1.69 bits per heavy atom. The molecule has 6 nitrogen and oxygen atoms in total. The number of nitrogens with one attached hydrogen (secondary N) is 1. The van der Waals surface area contributed by atoms with Crippen LogP contribution in [0.1, 0.15) is 17.3 Å². The normalized spacial score (nSPS) is 10.6. The fraction of sp³-hybridized carbons (Fsp3) is 0.250. The van der Waals surface area contributed by atoms with Gasteiger partial charge in [0.2, 0.25) is 5.75 Å². The second-order valence-corrected chi connectivity index (χ2v) is 5.74. The number of hydrogen-bond donors (Lipinski definition) is 1. The van der Waals surface area contributed by atoms with Crippen LogP contribution in [0.2, 0.25) is 0 Å². The summed E-state index contributed by atoms with van der Waals surface area (Å²) in [4.78, 5) is 12.7. The summed E-state index contributed by atoms with van der Waals surface area (Å²) in [5, 5.41) is 4.06. The molecule has 136 valence electrons. The monoisotopic (exact) mass is 354 g/mol. The Labute approximate surface area is 152 Å². The van der Waals surface area contributed by atoms with Gasteiger partial charge in [-0.1, -0.05) is 6.07 Å². The van der Waals surface area contributed by atoms with E-state index in [1.165, 1.54) is 21.3 Å². The average molecular weight is 354 g/mol. The number of aryl methyl sites for hydroxylation is 1. The minimum absolute atomic E-state index is 0.252. The molecule has 0 radical (unpaired) electrons. The lowest BCUT2D eigenvalue weighted by atomic mass is 10.1. The molecule has 3 aromatic rings. The summed E-state index contributed by atoms with van der Waals surface area (Å²) in [6, 6.07) is 11.2. The van der Waals surface area contributed by atoms with E-state index in [1.54, 1.807) is 12.1 Å². The standard InChI is InChI=1S/C20H22N2O4/c1-5-22-9-8-13-6-7-15(12-16(13)22)21-20(23)14-10-17(24-2)19(26-4)18(11-14)25-3/h6-12H,5H2,1-4H3,(H,21,23). The molecule has 0 unspecified atom stereocenters. The summed E-state index contributed by atoms with van der Waals surface area (Å²) in [6.45, 7) is 2.95. The first-order valence-corrected chi connectivity index (χ1v) is 8.31. The molecular weight excluding hydrogens is 332 g/mol. The summed E-state index contributed by atoms with van der Waals surface area (Å²) < 4.78 is 18.0. The minimum atomic E-state index is -0.252. The topological polar surface area (TPSA) is 61.7 Å². The van der Waals surface area contributed by atoms with Crippen LogP contribution in [0.3, 0.4) is 0 Å². The lowest BCUT2D eigenvalue weighted by molar-refractivity contribution is 0.102. The van der Waals surface area contributed by atoms with Crippen molar-refractivity contribution in [3.05, 3.63) is 48.2 Å². The van der Waals surface area contributed by atoms with E-state index >= 15 is 0 Å². The van der Waals surface area contributed by atoms with Crippen molar-refractivity contribution < 1.29 is 19.0 Å². The first kappa shape index (κ1) is 17.7. The molecule has 1 amide bonds. The highest BCUT2D eigenvalue weighted by Crippen LogP contribution is 2.38. The van der Waals surface area contributed by atoms with Crippen molar-refractivity contribution in [2.45, 2.75) is 13.5 Å². The van der Waals surface area contributed by atoms with Crippen molar-refractivity contribution in [3.8, 4) is 17.2 Å². The Hall–Kier alpha value is -3.15. The van der Waals surface area contributed by atoms with Crippen molar-refractivity contribution in [1.82, 2.24) is 4.57 Å². The van der Waals surface area contributed by atoms with Gasteiger partial charge in [0.25, 0.3) is 5.91 Å². The molecule has 26 heavy (non-hydrogen) atoms. The Balaban J connectivity index is 1.92. The fourth-order valence-electron chi connectivity index (χ4n) is 2.95. The number of benzene rings is 2. The van der Waals surface area contributed by atoms with Crippen LogP contribution in [-0.2, 0) is 6.54 Å². The number of anilines is 1. The Bertz CT molecular complexity index is 921. The second-order valence-electron chi connectivity index (χ2n) is 5.74. The average Bonchev–Trinajstić information content (AvgIpc) is 3.08. The lowest BCUT2D eigenvalue weighted by Gasteiger charge is -2.14. The van der Waals surface area contributed by atoms with Crippen LogP contribution < -0.4 is 19.5 Å². The molecule has 3 rings (SSSR count). The maximum absolute atomic E-state index is 12.7. The Kier molecular flexibility index (Phi) is 5.02. The van der Waals surface area contributed by atoms with Crippen molar-refractivity contribution in [3.63, 3.8) is 0 Å². The van der Waals surface area contributed by atoms with Crippen LogP contribution in [0.15, 0.2) is 42.6 Å². The van der Waals surface area contributed by atoms with Gasteiger partial charge in [-0.3, -0.25) is 4.79 Å². The van der Waals surface area contributed by atoms with Gasteiger partial charge in [0, 0.05) is 24.0 Å². The predicted octanol–water partition coefficient (Wildman–Crippen LogP) is 3.94. The molecule has 0 spiro atoms. The highest BCUT2D eigenvalue weighted by Gasteiger charge is 2.17. The van der Waals surface area contributed by atoms with E-state index in [1.807, 2.05) is 24.4 Å². The highest BCUT2D eigenvalue weighted by molar-refractivity contribution is 6.05. The summed E-state index contributed by atoms with van der Waals surface area (Å²) in [5.74, 6) is 1.08. The van der Waals surface area contributed by atoms with Gasteiger partial charge in [-0.15, -0.1) is 0 Å². The molecule has 0 fully saturated rings. The van der Waals surface area contributed by atoms with E-state index in [0.29, 0.717) is 22.8 Å². The van der Waals surface area contributed by atoms with Crippen LogP contribution in [-0.4, -0.2) is 31.8 Å². The van der Waals surface area contributed by atoms with E-state index < -0.39 is 0 Å². The van der Waals surface area contributed by atoms with E-state index in [0.717, 1.165) is 23.1 Å². The third kappa shape index (κ3) is 3.18. The number of hydrogen-bond acceptors (Lipinski definition) is 4. The molecular formula is C20H22N2O4. The molecule has 0 aliphatic heterocycles. The predicted molar refractivity (Wildman–Crippen MR) is 102 cm³/mol. The van der Waals surface area contributed by atoms with Gasteiger partial charge in [-0.2, -0.15) is 0 Å². The number of amides is 1. The van der Waals surface area contributed by atoms with Crippen molar-refractivity contribution >= 4 is 22.5 Å². The van der Waals surface area contributed by atoms with Crippen LogP contribution in [0.25, 0.3) is 10.9 Å². The number of methoxy groups -OCH3 is 3. The first-order chi connectivity index (χ1) is 12.6. The Morgan fingerprint density at radius 1 is 1.00 bits per heavy atom. The maximum atomic E-state index is 12.7. The fourth-order valence-corrected chi connectivity index (χ4v) is 2.95. The number of nitrogens with zero attached hydrogens (tertiary/aromatic N) is 1. The van der Waals surface area contributed by atoms with Crippen LogP contribution >= 0.6 is 0 Å². The number of carbonyl (C=O) groups excluding carboxylic acids is 1. The highest BCUT2D eigenvalue weighted by atomic mass is 16.5. The van der Waals surface area contributed by atoms with Crippen molar-refractivity contribution in [2.24, 2.45) is 0 Å². The van der Waals surface area contributed by atoms with Crippen molar-refractivity contribution in [1.29, 1.82) is 0 Å². The zero-order chi connectivity index (χ0) is 18.7. The first-order valence-electron chi connectivity index (χ1n) is 8.31. The van der Waals surface area contributed by atoms with Crippen LogP contribution in [0.4, 0.5) is 5.69 Å². The summed E-state index contributed by atoms with van der Waals surface area (Å²) in [5.41, 5.74) is 2.23. The zero-order valence-corrected chi connectivity index (χ0v) is 15.3. The quantitative estimate of drug-likeness (QED) is 0.728. The Morgan fingerprint density at radius 3 is 2.27 bits per heavy atom. The number of rotatable bonds is 6. The van der Waals surface area contributed by atoms with Gasteiger partial charge < -0.3 is 24.1 Å². The number of carbonyl (C=O) groups is 1. The molecule has 0 saturated carbocycles. The van der Waals surface area contributed by atoms with E-state index in [2.05, 4.69) is 22.9 Å². The van der Waals surface area contributed by atoms with Gasteiger partial charge >= 0.3 is 0 Å². The number of fused-ring (bicyclic) bond motifs is 1. The largest absolute Gasteiger partial charge is 0.493 e. The van der Waals surface area contributed by atoms with Gasteiger partial charge in [0.05, 0.1) is 26.8 Å². The SMILES string of the molecule is CCn1ccc2ccc(NC(=O)c3cc(OC)c(OC)c(OC)c3)cc21. The molecule has 6 heteroatoms. The van der Waals surface area contributed by atoms with Crippen LogP contribution in [0.5, 0.6) is 17.2 Å². The van der Waals surface area contributed by atoms with Crippen LogP contribution in [0, 0.1) is 0 Å². The minimum Gasteiger partial charge on any atom is -0.493 e. The lowest BCUT2D eigenvalue weighted by Crippen LogP contribution is -2.12. The molecule has 0 saturated heterocycles. The molecule has 0 aliphatic rings. The molecule has 1 heterocycles. The molecule has 0 bridgehead atoms. The van der Waals surface area contributed by atoms with E-state index in [-0.39, 0.29) is 5.91 Å². The van der Waals surface area contributed by atoms with Gasteiger partial charge in [-0.25, -0.2) is 0 Å². The third-order valence-electron chi connectivity index (χ3n) is 4.30. The number of aromatic nitrogens is 1. The summed E-state index contributed by atoms with van der Waals surface area (Å²) in [7, 11) is 4.57. The zero-order valence-electron chi connectivity index (χ0n) is 15.3. The maximum Gasteiger partial charge on any atom is 0.255 e. The van der Waals surface area contributed by atoms with E-state index in [9.17, 15) is 4.79 Å². The molecule has 1 aromatic heterocycles. The molecule has 0 aliphatic carbocycles. The summed E-state index contributed by atoms with van der Waals surface area (Å²) >= 11 is 0. The summed E-state index contributed by atoms with van der Waals surface area (Å²) in [6.07, 6.45) is 2.04. The van der Waals surface area contributed by atoms with Gasteiger partial charge in [-0.05, 0) is 42.6 Å². The smallest absolute Gasteiger partial charge is 0.255 e. The molecule has 2 aromatic carbocycles. The van der Waals surface area contributed by atoms with E-state index in [4.69, 9.17) is 14.2 Å². The number of ether oxygens (including phenoxy) is 3. The second kappa shape index (κ2) is 7.39. The van der Waals surface area contributed by atoms with Crippen molar-refractivity contribution in [2.75, 3.05) is 26.6 Å². The third-order valence-corrected chi connectivity index (χ3v) is 4.30. The molecule has 1 N–H and O–H groups in total.